The second-order valence-corrected chi connectivity index (χ2v) is 6.31. The number of anilines is 1. The van der Waals surface area contributed by atoms with Crippen molar-refractivity contribution in [1.82, 2.24) is 9.99 Å². The minimum atomic E-state index is -0.418. The van der Waals surface area contributed by atoms with Crippen LogP contribution in [0.5, 0.6) is 0 Å². The second kappa shape index (κ2) is 6.18. The molecule has 0 aliphatic carbocycles. The number of para-hydroxylation sites is 2. The lowest BCUT2D eigenvalue weighted by Crippen LogP contribution is -2.38. The van der Waals surface area contributed by atoms with Gasteiger partial charge in [-0.25, -0.2) is 10.0 Å². The van der Waals surface area contributed by atoms with E-state index in [2.05, 4.69) is 16.0 Å². The first kappa shape index (κ1) is 15.6. The molecule has 1 amide bonds. The SMILES string of the molecule is CC1C(N=Cc2c[nH]c3ccccc23)C(=O)N(c2ccccc2)N1C. The van der Waals surface area contributed by atoms with Crippen LogP contribution >= 0.6 is 0 Å². The molecule has 2 aromatic carbocycles. The van der Waals surface area contributed by atoms with Gasteiger partial charge in [-0.05, 0) is 25.1 Å². The topological polar surface area (TPSA) is 51.7 Å². The molecule has 1 aliphatic heterocycles. The van der Waals surface area contributed by atoms with E-state index < -0.39 is 6.04 Å². The summed E-state index contributed by atoms with van der Waals surface area (Å²) in [6.45, 7) is 2.03. The number of carbonyl (C=O) groups is 1. The average Bonchev–Trinajstić information content (AvgIpc) is 3.14. The molecule has 5 nitrogen and oxygen atoms in total. The van der Waals surface area contributed by atoms with Crippen molar-refractivity contribution in [2.75, 3.05) is 12.1 Å². The standard InChI is InChI=1S/C20H20N4O/c1-14-19(20(25)24(23(14)2)16-8-4-3-5-9-16)22-13-15-12-21-18-11-7-6-10-17(15)18/h3-14,19,21H,1-2H3. The highest BCUT2D eigenvalue weighted by Gasteiger charge is 2.42. The molecule has 1 N–H and O–H groups in total. The number of amides is 1. The highest BCUT2D eigenvalue weighted by Crippen LogP contribution is 2.27. The van der Waals surface area contributed by atoms with Gasteiger partial charge in [-0.1, -0.05) is 36.4 Å². The molecule has 2 heterocycles. The van der Waals surface area contributed by atoms with E-state index in [1.165, 1.54) is 0 Å². The van der Waals surface area contributed by atoms with Crippen LogP contribution < -0.4 is 5.01 Å². The van der Waals surface area contributed by atoms with Crippen LogP contribution in [0.1, 0.15) is 12.5 Å². The summed E-state index contributed by atoms with van der Waals surface area (Å²) in [6.07, 6.45) is 3.73. The molecule has 3 aromatic rings. The third-order valence-corrected chi connectivity index (χ3v) is 4.82. The number of aromatic nitrogens is 1. The van der Waals surface area contributed by atoms with Crippen LogP contribution in [0.3, 0.4) is 0 Å². The highest BCUT2D eigenvalue weighted by molar-refractivity contribution is 6.03. The van der Waals surface area contributed by atoms with Crippen molar-refractivity contribution >= 4 is 28.7 Å². The van der Waals surface area contributed by atoms with Crippen molar-refractivity contribution < 1.29 is 4.79 Å². The van der Waals surface area contributed by atoms with Crippen LogP contribution in [-0.2, 0) is 4.79 Å². The first-order valence-electron chi connectivity index (χ1n) is 8.38. The van der Waals surface area contributed by atoms with E-state index >= 15 is 0 Å². The van der Waals surface area contributed by atoms with Crippen molar-refractivity contribution in [1.29, 1.82) is 0 Å². The van der Waals surface area contributed by atoms with E-state index in [0.29, 0.717) is 0 Å². The Kier molecular flexibility index (Phi) is 3.86. The summed E-state index contributed by atoms with van der Waals surface area (Å²) in [7, 11) is 1.93. The number of likely N-dealkylation sites (N-methyl/N-ethyl adjacent to an activating group) is 1. The molecular formula is C20H20N4O. The maximum Gasteiger partial charge on any atom is 0.268 e. The van der Waals surface area contributed by atoms with Gasteiger partial charge < -0.3 is 4.98 Å². The largest absolute Gasteiger partial charge is 0.361 e. The van der Waals surface area contributed by atoms with Gasteiger partial charge in [0.05, 0.1) is 11.7 Å². The van der Waals surface area contributed by atoms with Gasteiger partial charge in [0.15, 0.2) is 0 Å². The van der Waals surface area contributed by atoms with Crippen LogP contribution in [0, 0.1) is 0 Å². The molecule has 25 heavy (non-hydrogen) atoms. The third-order valence-electron chi connectivity index (χ3n) is 4.82. The van der Waals surface area contributed by atoms with Gasteiger partial charge in [0, 0.05) is 35.9 Å². The third kappa shape index (κ3) is 2.62. The molecular weight excluding hydrogens is 312 g/mol. The maximum atomic E-state index is 12.9. The Bertz CT molecular complexity index is 931. The molecule has 1 aliphatic rings. The van der Waals surface area contributed by atoms with Gasteiger partial charge in [0.2, 0.25) is 0 Å². The number of rotatable bonds is 3. The van der Waals surface area contributed by atoms with E-state index in [1.54, 1.807) is 11.2 Å². The van der Waals surface area contributed by atoms with E-state index in [-0.39, 0.29) is 11.9 Å². The molecule has 0 radical (unpaired) electrons. The number of H-pyrrole nitrogens is 1. The van der Waals surface area contributed by atoms with Gasteiger partial charge >= 0.3 is 0 Å². The average molecular weight is 332 g/mol. The summed E-state index contributed by atoms with van der Waals surface area (Å²) in [6, 6.07) is 17.3. The number of fused-ring (bicyclic) bond motifs is 1. The molecule has 4 rings (SSSR count). The number of hydrogen-bond acceptors (Lipinski definition) is 3. The van der Waals surface area contributed by atoms with Gasteiger partial charge in [0.1, 0.15) is 6.04 Å². The second-order valence-electron chi connectivity index (χ2n) is 6.31. The lowest BCUT2D eigenvalue weighted by molar-refractivity contribution is -0.118. The monoisotopic (exact) mass is 332 g/mol. The molecule has 2 unspecified atom stereocenters. The zero-order valence-corrected chi connectivity index (χ0v) is 14.3. The number of carbonyl (C=O) groups excluding carboxylic acids is 1. The Morgan fingerprint density at radius 1 is 1.08 bits per heavy atom. The fourth-order valence-electron chi connectivity index (χ4n) is 3.30. The van der Waals surface area contributed by atoms with Crippen LogP contribution in [0.25, 0.3) is 10.9 Å². The highest BCUT2D eigenvalue weighted by atomic mass is 16.2. The maximum absolute atomic E-state index is 12.9. The first-order chi connectivity index (χ1) is 12.2. The quantitative estimate of drug-likeness (QED) is 0.749. The lowest BCUT2D eigenvalue weighted by Gasteiger charge is -2.26. The summed E-state index contributed by atoms with van der Waals surface area (Å²) in [5.74, 6) is -0.00251. The number of hydrogen-bond donors (Lipinski definition) is 1. The lowest BCUT2D eigenvalue weighted by atomic mass is 10.1. The molecule has 1 fully saturated rings. The molecule has 5 heteroatoms. The van der Waals surface area contributed by atoms with Crippen molar-refractivity contribution in [3.8, 4) is 0 Å². The number of aromatic amines is 1. The molecule has 0 bridgehead atoms. The van der Waals surface area contributed by atoms with Crippen LogP contribution in [0.15, 0.2) is 65.8 Å². The number of aliphatic imine (C=N–C) groups is 1. The Hall–Kier alpha value is -2.92. The number of nitrogens with zero attached hydrogens (tertiary/aromatic N) is 3. The summed E-state index contributed by atoms with van der Waals surface area (Å²) in [5, 5.41) is 4.77. The predicted octanol–water partition coefficient (Wildman–Crippen LogP) is 3.24. The molecule has 0 spiro atoms. The van der Waals surface area contributed by atoms with Crippen LogP contribution in [0.2, 0.25) is 0 Å². The summed E-state index contributed by atoms with van der Waals surface area (Å²) >= 11 is 0. The minimum absolute atomic E-state index is 0.00251. The fourth-order valence-corrected chi connectivity index (χ4v) is 3.30. The van der Waals surface area contributed by atoms with Crippen LogP contribution in [-0.4, -0.2) is 41.2 Å². The van der Waals surface area contributed by atoms with Gasteiger partial charge in [0.25, 0.3) is 5.91 Å². The summed E-state index contributed by atoms with van der Waals surface area (Å²) in [5.41, 5.74) is 2.93. The molecule has 2 atom stereocenters. The minimum Gasteiger partial charge on any atom is -0.361 e. The Balaban J connectivity index is 1.63. The smallest absolute Gasteiger partial charge is 0.268 e. The van der Waals surface area contributed by atoms with E-state index in [1.807, 2.05) is 73.7 Å². The Morgan fingerprint density at radius 3 is 2.60 bits per heavy atom. The number of benzene rings is 2. The Morgan fingerprint density at radius 2 is 1.80 bits per heavy atom. The van der Waals surface area contributed by atoms with Crippen molar-refractivity contribution in [3.05, 3.63) is 66.4 Å². The van der Waals surface area contributed by atoms with Gasteiger partial charge in [-0.2, -0.15) is 0 Å². The summed E-state index contributed by atoms with van der Waals surface area (Å²) < 4.78 is 0. The predicted molar refractivity (Wildman–Crippen MR) is 101 cm³/mol. The molecule has 0 saturated carbocycles. The molecule has 1 saturated heterocycles. The molecule has 126 valence electrons. The van der Waals surface area contributed by atoms with E-state index in [0.717, 1.165) is 22.2 Å². The number of nitrogens with one attached hydrogen (secondary N) is 1. The first-order valence-corrected chi connectivity index (χ1v) is 8.38. The van der Waals surface area contributed by atoms with Gasteiger partial charge in [-0.3, -0.25) is 9.79 Å². The summed E-state index contributed by atoms with van der Waals surface area (Å²) in [4.78, 5) is 20.8. The zero-order chi connectivity index (χ0) is 17.4. The Labute approximate surface area is 146 Å². The van der Waals surface area contributed by atoms with Crippen LogP contribution in [0.4, 0.5) is 5.69 Å². The zero-order valence-electron chi connectivity index (χ0n) is 14.3. The van der Waals surface area contributed by atoms with E-state index in [4.69, 9.17) is 0 Å². The normalized spacial score (nSPS) is 21.7. The van der Waals surface area contributed by atoms with Crippen molar-refractivity contribution in [2.24, 2.45) is 4.99 Å². The molecule has 1 aromatic heterocycles. The van der Waals surface area contributed by atoms with Gasteiger partial charge in [-0.15, -0.1) is 0 Å². The number of hydrazine groups is 1. The fraction of sp³-hybridized carbons (Fsp3) is 0.200. The van der Waals surface area contributed by atoms with E-state index in [9.17, 15) is 4.79 Å². The van der Waals surface area contributed by atoms with Crippen molar-refractivity contribution in [2.45, 2.75) is 19.0 Å². The van der Waals surface area contributed by atoms with Crippen molar-refractivity contribution in [3.63, 3.8) is 0 Å².